The molecule has 1 saturated carbocycles. The Morgan fingerprint density at radius 2 is 1.79 bits per heavy atom. The number of phenolic OH excluding ortho intramolecular Hbond substituents is 1. The molecule has 4 heterocycles. The van der Waals surface area contributed by atoms with E-state index in [0.29, 0.717) is 30.3 Å². The van der Waals surface area contributed by atoms with E-state index in [4.69, 9.17) is 19.7 Å². The molecule has 7 rings (SSSR count). The highest BCUT2D eigenvalue weighted by atomic mass is 16.5. The first-order valence-corrected chi connectivity index (χ1v) is 13.6. The molecule has 2 bridgehead atoms. The maximum absolute atomic E-state index is 10.4. The maximum atomic E-state index is 10.4. The van der Waals surface area contributed by atoms with Gasteiger partial charge in [0.15, 0.2) is 5.65 Å². The van der Waals surface area contributed by atoms with Crippen LogP contribution in [0, 0.1) is 5.41 Å². The smallest absolute Gasteiger partial charge is 0.320 e. The molecular weight excluding hydrogens is 476 g/mol. The lowest BCUT2D eigenvalue weighted by Gasteiger charge is -2.34. The molecular formula is C30H34N6O2. The zero-order valence-electron chi connectivity index (χ0n) is 22.0. The molecule has 2 unspecified atom stereocenters. The number of nitrogens with one attached hydrogen (secondary N) is 1. The summed E-state index contributed by atoms with van der Waals surface area (Å²) in [7, 11) is 4.22. The molecule has 2 aromatic heterocycles. The Balaban J connectivity index is 1.31. The first-order valence-electron chi connectivity index (χ1n) is 13.6. The van der Waals surface area contributed by atoms with E-state index in [9.17, 15) is 5.11 Å². The number of aromatic hydroxyl groups is 1. The fourth-order valence-corrected chi connectivity index (χ4v) is 6.32. The van der Waals surface area contributed by atoms with E-state index in [1.165, 1.54) is 25.7 Å². The average molecular weight is 511 g/mol. The van der Waals surface area contributed by atoms with Crippen LogP contribution < -0.4 is 15.0 Å². The topological polar surface area (TPSA) is 86.6 Å². The summed E-state index contributed by atoms with van der Waals surface area (Å²) < 4.78 is 6.31. The highest BCUT2D eigenvalue weighted by Gasteiger charge is 2.44. The van der Waals surface area contributed by atoms with Crippen molar-refractivity contribution < 1.29 is 9.84 Å². The predicted molar refractivity (Wildman–Crippen MR) is 150 cm³/mol. The van der Waals surface area contributed by atoms with E-state index < -0.39 is 0 Å². The van der Waals surface area contributed by atoms with E-state index in [2.05, 4.69) is 41.3 Å². The second kappa shape index (κ2) is 9.06. The first-order chi connectivity index (χ1) is 18.4. The van der Waals surface area contributed by atoms with Gasteiger partial charge >= 0.3 is 6.01 Å². The summed E-state index contributed by atoms with van der Waals surface area (Å²) in [5.41, 5.74) is 2.46. The molecule has 0 amide bonds. The Labute approximate surface area is 222 Å². The minimum absolute atomic E-state index is 0.186. The van der Waals surface area contributed by atoms with Crippen molar-refractivity contribution >= 4 is 27.6 Å². The molecule has 8 nitrogen and oxygen atoms in total. The summed E-state index contributed by atoms with van der Waals surface area (Å²) in [5.74, 6) is 1.13. The van der Waals surface area contributed by atoms with Crippen LogP contribution in [0.15, 0.2) is 48.5 Å². The van der Waals surface area contributed by atoms with Gasteiger partial charge < -0.3 is 25.0 Å². The molecule has 1 aliphatic carbocycles. The van der Waals surface area contributed by atoms with Gasteiger partial charge in [-0.1, -0.05) is 24.3 Å². The summed E-state index contributed by atoms with van der Waals surface area (Å²) in [5, 5.41) is 17.1. The van der Waals surface area contributed by atoms with Gasteiger partial charge in [-0.3, -0.25) is 0 Å². The normalized spacial score (nSPS) is 21.9. The highest BCUT2D eigenvalue weighted by Crippen LogP contribution is 2.46. The molecule has 2 aliphatic heterocycles. The summed E-state index contributed by atoms with van der Waals surface area (Å²) in [6, 6.07) is 17.1. The van der Waals surface area contributed by atoms with Crippen molar-refractivity contribution in [3.8, 4) is 23.0 Å². The van der Waals surface area contributed by atoms with Gasteiger partial charge in [-0.2, -0.15) is 9.97 Å². The van der Waals surface area contributed by atoms with Crippen LogP contribution in [0.5, 0.6) is 11.8 Å². The number of anilines is 1. The Morgan fingerprint density at radius 3 is 2.55 bits per heavy atom. The predicted octanol–water partition coefficient (Wildman–Crippen LogP) is 4.21. The number of aromatic nitrogens is 3. The molecule has 2 N–H and O–H groups in total. The molecule has 0 spiro atoms. The van der Waals surface area contributed by atoms with Crippen molar-refractivity contribution in [3.63, 3.8) is 0 Å². The monoisotopic (exact) mass is 510 g/mol. The summed E-state index contributed by atoms with van der Waals surface area (Å²) in [6.07, 6.45) is 4.74. The SMILES string of the molecule is CN(C)CC1(COc2nc(N3CC4CCC(C3)N4)c3ccc(-c4cc(O)cc5ccccc45)nc3n2)CC1. The third-order valence-electron chi connectivity index (χ3n) is 8.27. The van der Waals surface area contributed by atoms with Gasteiger partial charge in [-0.15, -0.1) is 0 Å². The van der Waals surface area contributed by atoms with Crippen molar-refractivity contribution in [3.05, 3.63) is 48.5 Å². The standard InChI is InChI=1S/C30H34N6O2/c1-35(2)17-30(11-12-30)18-38-29-33-27-24(28(34-29)36-15-20-7-8-21(16-36)31-20)9-10-26(32-27)25-14-22(37)13-19-5-3-4-6-23(19)25/h3-6,9-10,13-14,20-21,31,37H,7-8,11-12,15-18H2,1-2H3. The lowest BCUT2D eigenvalue weighted by molar-refractivity contribution is 0.183. The Kier molecular flexibility index (Phi) is 5.63. The van der Waals surface area contributed by atoms with Crippen LogP contribution in [0.1, 0.15) is 25.7 Å². The van der Waals surface area contributed by atoms with E-state index in [1.54, 1.807) is 12.1 Å². The molecule has 2 saturated heterocycles. The Bertz CT molecular complexity index is 1510. The Hall–Kier alpha value is -3.49. The molecule has 3 fully saturated rings. The number of fused-ring (bicyclic) bond motifs is 4. The largest absolute Gasteiger partial charge is 0.508 e. The van der Waals surface area contributed by atoms with Gasteiger partial charge in [0.05, 0.1) is 17.7 Å². The van der Waals surface area contributed by atoms with E-state index in [-0.39, 0.29) is 11.2 Å². The zero-order valence-corrected chi connectivity index (χ0v) is 22.0. The second-order valence-electron chi connectivity index (χ2n) is 11.7. The van der Waals surface area contributed by atoms with Crippen LogP contribution in [-0.4, -0.2) is 77.4 Å². The number of pyridine rings is 1. The first kappa shape index (κ1) is 23.6. The number of hydrogen-bond donors (Lipinski definition) is 2. The molecule has 2 aromatic carbocycles. The van der Waals surface area contributed by atoms with Crippen molar-refractivity contribution in [1.82, 2.24) is 25.2 Å². The van der Waals surface area contributed by atoms with E-state index in [1.807, 2.05) is 24.3 Å². The lowest BCUT2D eigenvalue weighted by atomic mass is 10.0. The fourth-order valence-electron chi connectivity index (χ4n) is 6.32. The number of piperazine rings is 1. The van der Waals surface area contributed by atoms with E-state index in [0.717, 1.165) is 52.9 Å². The third-order valence-corrected chi connectivity index (χ3v) is 8.27. The van der Waals surface area contributed by atoms with Crippen molar-refractivity contribution in [2.75, 3.05) is 45.2 Å². The number of benzene rings is 2. The third kappa shape index (κ3) is 4.41. The zero-order chi connectivity index (χ0) is 25.9. The molecule has 196 valence electrons. The Morgan fingerprint density at radius 1 is 1.00 bits per heavy atom. The minimum Gasteiger partial charge on any atom is -0.508 e. The van der Waals surface area contributed by atoms with Gasteiger partial charge in [0.25, 0.3) is 0 Å². The van der Waals surface area contributed by atoms with Gasteiger partial charge in [0.2, 0.25) is 0 Å². The molecule has 2 atom stereocenters. The number of rotatable bonds is 7. The van der Waals surface area contributed by atoms with Gasteiger partial charge in [0, 0.05) is 42.7 Å². The van der Waals surface area contributed by atoms with Crippen molar-refractivity contribution in [2.24, 2.45) is 5.41 Å². The quantitative estimate of drug-likeness (QED) is 0.382. The van der Waals surface area contributed by atoms with Crippen LogP contribution >= 0.6 is 0 Å². The molecule has 0 radical (unpaired) electrons. The minimum atomic E-state index is 0.186. The van der Waals surface area contributed by atoms with Crippen molar-refractivity contribution in [1.29, 1.82) is 0 Å². The van der Waals surface area contributed by atoms with Gasteiger partial charge in [0.1, 0.15) is 11.6 Å². The summed E-state index contributed by atoms with van der Waals surface area (Å²) in [4.78, 5) is 19.4. The molecule has 8 heteroatoms. The van der Waals surface area contributed by atoms with Crippen LogP contribution in [0.25, 0.3) is 33.1 Å². The highest BCUT2D eigenvalue weighted by molar-refractivity contribution is 5.98. The van der Waals surface area contributed by atoms with Crippen molar-refractivity contribution in [2.45, 2.75) is 37.8 Å². The average Bonchev–Trinajstić information content (AvgIpc) is 3.59. The number of hydrogen-bond acceptors (Lipinski definition) is 8. The fraction of sp³-hybridized carbons (Fsp3) is 0.433. The number of ether oxygens (including phenoxy) is 1. The molecule has 4 aromatic rings. The second-order valence-corrected chi connectivity index (χ2v) is 11.7. The van der Waals surface area contributed by atoms with Crippen LogP contribution in [0.4, 0.5) is 5.82 Å². The maximum Gasteiger partial charge on any atom is 0.320 e. The summed E-state index contributed by atoms with van der Waals surface area (Å²) in [6.45, 7) is 3.46. The molecule has 38 heavy (non-hydrogen) atoms. The van der Waals surface area contributed by atoms with E-state index >= 15 is 0 Å². The number of nitrogens with zero attached hydrogens (tertiary/aromatic N) is 5. The van der Waals surface area contributed by atoms with Gasteiger partial charge in [-0.05, 0) is 74.8 Å². The van der Waals surface area contributed by atoms with Crippen LogP contribution in [0.3, 0.4) is 0 Å². The molecule has 3 aliphatic rings. The lowest BCUT2D eigenvalue weighted by Crippen LogP contribution is -2.51. The van der Waals surface area contributed by atoms with Crippen LogP contribution in [-0.2, 0) is 0 Å². The summed E-state index contributed by atoms with van der Waals surface area (Å²) >= 11 is 0. The van der Waals surface area contributed by atoms with Crippen LogP contribution in [0.2, 0.25) is 0 Å². The number of phenols is 1. The van der Waals surface area contributed by atoms with Gasteiger partial charge in [-0.25, -0.2) is 4.98 Å².